The largest absolute Gasteiger partial charge is 0.348 e. The molecule has 0 saturated heterocycles. The first-order chi connectivity index (χ1) is 15.7. The number of pyridine rings is 1. The van der Waals surface area contributed by atoms with Crippen LogP contribution in [-0.2, 0) is 6.42 Å². The highest BCUT2D eigenvalue weighted by Crippen LogP contribution is 2.24. The molecule has 2 heterocycles. The third kappa shape index (κ3) is 4.40. The van der Waals surface area contributed by atoms with Crippen LogP contribution in [0.4, 0.5) is 0 Å². The van der Waals surface area contributed by atoms with Crippen molar-refractivity contribution in [3.8, 4) is 11.5 Å². The van der Waals surface area contributed by atoms with E-state index in [9.17, 15) is 4.79 Å². The van der Waals surface area contributed by atoms with Gasteiger partial charge in [0.2, 0.25) is 0 Å². The molecule has 1 fully saturated rings. The van der Waals surface area contributed by atoms with E-state index < -0.39 is 0 Å². The second kappa shape index (κ2) is 8.91. The molecule has 6 heteroatoms. The van der Waals surface area contributed by atoms with E-state index in [0.29, 0.717) is 23.8 Å². The molecular formula is C26H26N4O2. The molecule has 0 radical (unpaired) electrons. The molecule has 0 atom stereocenters. The topological polar surface area (TPSA) is 80.9 Å². The molecule has 1 aliphatic rings. The van der Waals surface area contributed by atoms with E-state index in [1.54, 1.807) is 6.92 Å². The molecule has 1 N–H and O–H groups in total. The van der Waals surface area contributed by atoms with Gasteiger partial charge in [-0.05, 0) is 61.6 Å². The van der Waals surface area contributed by atoms with Gasteiger partial charge in [-0.15, -0.1) is 0 Å². The number of nitrogens with one attached hydrogen (secondary N) is 1. The molecule has 1 amide bonds. The Morgan fingerprint density at radius 2 is 1.81 bits per heavy atom. The number of carbonyl (C=O) groups is 1. The predicted octanol–water partition coefficient (Wildman–Crippen LogP) is 5.25. The maximum absolute atomic E-state index is 13.0. The quantitative estimate of drug-likeness (QED) is 0.472. The lowest BCUT2D eigenvalue weighted by Crippen LogP contribution is -2.36. The van der Waals surface area contributed by atoms with E-state index in [4.69, 9.17) is 4.52 Å². The Kier molecular flexibility index (Phi) is 5.67. The van der Waals surface area contributed by atoms with Gasteiger partial charge in [0.05, 0.1) is 5.52 Å². The van der Waals surface area contributed by atoms with Gasteiger partial charge in [0.25, 0.3) is 11.8 Å². The summed E-state index contributed by atoms with van der Waals surface area (Å²) in [4.78, 5) is 21.9. The van der Waals surface area contributed by atoms with Crippen molar-refractivity contribution in [2.75, 3.05) is 0 Å². The van der Waals surface area contributed by atoms with Crippen LogP contribution in [0.1, 0.15) is 59.5 Å². The third-order valence-corrected chi connectivity index (χ3v) is 6.10. The number of amides is 1. The van der Waals surface area contributed by atoms with Crippen LogP contribution in [0.25, 0.3) is 22.4 Å². The smallest absolute Gasteiger partial charge is 0.270 e. The van der Waals surface area contributed by atoms with Crippen LogP contribution in [0.15, 0.2) is 59.1 Å². The lowest BCUT2D eigenvalue weighted by atomic mass is 9.95. The number of para-hydroxylation sites is 1. The third-order valence-electron chi connectivity index (χ3n) is 6.10. The summed E-state index contributed by atoms with van der Waals surface area (Å²) in [5.41, 5.74) is 4.45. The summed E-state index contributed by atoms with van der Waals surface area (Å²) in [6.07, 6.45) is 6.43. The molecule has 2 aromatic carbocycles. The van der Waals surface area contributed by atoms with E-state index in [-0.39, 0.29) is 11.9 Å². The van der Waals surface area contributed by atoms with Crippen LogP contribution in [-0.4, -0.2) is 27.1 Å². The summed E-state index contributed by atoms with van der Waals surface area (Å²) >= 11 is 0. The van der Waals surface area contributed by atoms with Crippen molar-refractivity contribution >= 4 is 16.8 Å². The number of hydrogen-bond acceptors (Lipinski definition) is 5. The Morgan fingerprint density at radius 1 is 1.03 bits per heavy atom. The highest BCUT2D eigenvalue weighted by atomic mass is 16.5. The number of nitrogens with zero attached hydrogens (tertiary/aromatic N) is 3. The molecular weight excluding hydrogens is 400 g/mol. The zero-order valence-electron chi connectivity index (χ0n) is 18.2. The van der Waals surface area contributed by atoms with E-state index in [1.165, 1.54) is 19.3 Å². The average molecular weight is 427 g/mol. The van der Waals surface area contributed by atoms with Crippen LogP contribution in [0.3, 0.4) is 0 Å². The van der Waals surface area contributed by atoms with Crippen LogP contribution < -0.4 is 5.32 Å². The molecule has 0 bridgehead atoms. The minimum atomic E-state index is -0.0778. The Labute approximate surface area is 187 Å². The zero-order chi connectivity index (χ0) is 21.9. The first-order valence-electron chi connectivity index (χ1n) is 11.2. The predicted molar refractivity (Wildman–Crippen MR) is 123 cm³/mol. The fourth-order valence-corrected chi connectivity index (χ4v) is 4.42. The number of aryl methyl sites for hydroxylation is 1. The van der Waals surface area contributed by atoms with Gasteiger partial charge in [0.1, 0.15) is 5.69 Å². The molecule has 1 aliphatic carbocycles. The molecule has 32 heavy (non-hydrogen) atoms. The highest BCUT2D eigenvalue weighted by Gasteiger charge is 2.19. The van der Waals surface area contributed by atoms with Gasteiger partial charge in [0.15, 0.2) is 5.82 Å². The van der Waals surface area contributed by atoms with Gasteiger partial charge in [-0.25, -0.2) is 4.98 Å². The summed E-state index contributed by atoms with van der Waals surface area (Å²) in [5, 5.41) is 8.12. The van der Waals surface area contributed by atoms with Crippen molar-refractivity contribution < 1.29 is 9.32 Å². The van der Waals surface area contributed by atoms with Crippen LogP contribution >= 0.6 is 0 Å². The first kappa shape index (κ1) is 20.4. The lowest BCUT2D eigenvalue weighted by molar-refractivity contribution is 0.0923. The van der Waals surface area contributed by atoms with Gasteiger partial charge in [0, 0.05) is 17.0 Å². The van der Waals surface area contributed by atoms with Crippen LogP contribution in [0, 0.1) is 6.92 Å². The Bertz CT molecular complexity index is 1240. The lowest BCUT2D eigenvalue weighted by Gasteiger charge is -2.22. The van der Waals surface area contributed by atoms with E-state index in [0.717, 1.165) is 40.4 Å². The van der Waals surface area contributed by atoms with Crippen LogP contribution in [0.2, 0.25) is 0 Å². The normalized spacial score (nSPS) is 14.5. The monoisotopic (exact) mass is 426 g/mol. The maximum atomic E-state index is 13.0. The molecule has 2 aromatic heterocycles. The summed E-state index contributed by atoms with van der Waals surface area (Å²) in [5.74, 6) is 1.06. The van der Waals surface area contributed by atoms with Gasteiger partial charge in [-0.2, -0.15) is 4.98 Å². The molecule has 5 rings (SSSR count). The standard InChI is InChI=1S/C26H26N4O2/c1-17-27-26(32-30-17)19-13-11-18(12-14-19)15-20-16-24(29-23-10-6-5-9-22(20)23)25(31)28-21-7-3-2-4-8-21/h5-6,9-14,16,21H,2-4,7-8,15H2,1H3,(H,28,31). The summed E-state index contributed by atoms with van der Waals surface area (Å²) in [6.45, 7) is 1.80. The van der Waals surface area contributed by atoms with E-state index in [2.05, 4.69) is 38.6 Å². The Balaban J connectivity index is 1.41. The van der Waals surface area contributed by atoms with Gasteiger partial charge < -0.3 is 9.84 Å². The maximum Gasteiger partial charge on any atom is 0.270 e. The Morgan fingerprint density at radius 3 is 2.56 bits per heavy atom. The SMILES string of the molecule is Cc1noc(-c2ccc(Cc3cc(C(=O)NC4CCCCC4)nc4ccccc34)cc2)n1. The van der Waals surface area contributed by atoms with Crippen molar-refractivity contribution in [3.63, 3.8) is 0 Å². The molecule has 0 unspecified atom stereocenters. The van der Waals surface area contributed by atoms with Crippen molar-refractivity contribution in [2.45, 2.75) is 51.5 Å². The van der Waals surface area contributed by atoms with Crippen molar-refractivity contribution in [3.05, 3.63) is 77.2 Å². The van der Waals surface area contributed by atoms with Crippen molar-refractivity contribution in [2.24, 2.45) is 0 Å². The van der Waals surface area contributed by atoms with Gasteiger partial charge in [-0.1, -0.05) is 54.8 Å². The molecule has 0 spiro atoms. The summed E-state index contributed by atoms with van der Waals surface area (Å²) in [7, 11) is 0. The molecule has 6 nitrogen and oxygen atoms in total. The van der Waals surface area contributed by atoms with Gasteiger partial charge >= 0.3 is 0 Å². The molecule has 4 aromatic rings. The van der Waals surface area contributed by atoms with Crippen LogP contribution in [0.5, 0.6) is 0 Å². The number of fused-ring (bicyclic) bond motifs is 1. The fraction of sp³-hybridized carbons (Fsp3) is 0.308. The number of rotatable bonds is 5. The van der Waals surface area contributed by atoms with Crippen molar-refractivity contribution in [1.82, 2.24) is 20.4 Å². The zero-order valence-corrected chi connectivity index (χ0v) is 18.2. The molecule has 162 valence electrons. The summed E-state index contributed by atoms with van der Waals surface area (Å²) in [6, 6.07) is 18.3. The summed E-state index contributed by atoms with van der Waals surface area (Å²) < 4.78 is 5.26. The highest BCUT2D eigenvalue weighted by molar-refractivity contribution is 5.96. The van der Waals surface area contributed by atoms with E-state index in [1.807, 2.05) is 36.4 Å². The fourth-order valence-electron chi connectivity index (χ4n) is 4.42. The van der Waals surface area contributed by atoms with E-state index >= 15 is 0 Å². The first-order valence-corrected chi connectivity index (χ1v) is 11.2. The number of carbonyl (C=O) groups excluding carboxylic acids is 1. The second-order valence-electron chi connectivity index (χ2n) is 8.51. The molecule has 1 saturated carbocycles. The minimum Gasteiger partial charge on any atom is -0.348 e. The minimum absolute atomic E-state index is 0.0778. The Hall–Kier alpha value is -3.54. The van der Waals surface area contributed by atoms with Gasteiger partial charge in [-0.3, -0.25) is 4.79 Å². The van der Waals surface area contributed by atoms with Crippen molar-refractivity contribution in [1.29, 1.82) is 0 Å². The number of hydrogen-bond donors (Lipinski definition) is 1. The molecule has 0 aliphatic heterocycles. The average Bonchev–Trinajstić information content (AvgIpc) is 3.26. The number of benzene rings is 2. The number of aromatic nitrogens is 3. The second-order valence-corrected chi connectivity index (χ2v) is 8.51.